The molecule has 0 spiro atoms. The van der Waals surface area contributed by atoms with E-state index in [0.29, 0.717) is 43.2 Å². The lowest BCUT2D eigenvalue weighted by Crippen LogP contribution is -2.45. The third-order valence-electron chi connectivity index (χ3n) is 8.71. The first-order valence-corrected chi connectivity index (χ1v) is 16.0. The van der Waals surface area contributed by atoms with Crippen molar-refractivity contribution >= 4 is 17.4 Å². The second-order valence-corrected chi connectivity index (χ2v) is 13.5. The Morgan fingerprint density at radius 1 is 1.00 bits per heavy atom. The van der Waals surface area contributed by atoms with Crippen LogP contribution < -0.4 is 9.64 Å². The van der Waals surface area contributed by atoms with Crippen molar-refractivity contribution in [3.8, 4) is 28.1 Å². The molecule has 0 unspecified atom stereocenters. The number of fused-ring (bicyclic) bond motifs is 6. The fourth-order valence-corrected chi connectivity index (χ4v) is 6.25. The largest absolute Gasteiger partial charge is 0.489 e. The highest BCUT2D eigenvalue weighted by atomic mass is 16.6. The molecule has 9 heteroatoms. The van der Waals surface area contributed by atoms with Crippen molar-refractivity contribution < 1.29 is 23.7 Å². The normalized spacial score (nSPS) is 17.8. The van der Waals surface area contributed by atoms with E-state index < -0.39 is 17.7 Å². The summed E-state index contributed by atoms with van der Waals surface area (Å²) in [7, 11) is 1.39. The highest BCUT2D eigenvalue weighted by Gasteiger charge is 2.38. The number of esters is 1. The molecule has 0 aliphatic carbocycles. The second kappa shape index (κ2) is 12.5. The average molecular weight is 625 g/mol. The van der Waals surface area contributed by atoms with Gasteiger partial charge in [0.2, 0.25) is 0 Å². The number of aryl methyl sites for hydroxylation is 2. The Kier molecular flexibility index (Phi) is 8.65. The average Bonchev–Trinajstić information content (AvgIpc) is 3.44. The van der Waals surface area contributed by atoms with Gasteiger partial charge in [0.1, 0.15) is 18.2 Å². The number of rotatable bonds is 3. The van der Waals surface area contributed by atoms with Gasteiger partial charge in [-0.05, 0) is 84.2 Å². The van der Waals surface area contributed by atoms with E-state index in [2.05, 4.69) is 49.1 Å². The highest BCUT2D eigenvalue weighted by molar-refractivity contribution is 5.81. The standard InChI is InChI=1S/C37H44N4O5/c1-24-13-14-30-28(21-24)26-11-10-12-27(22-26)29-23-31-38-25(2)32(33(35(42)43-7)46-36(3,4)5)34(41(31)39-29)40-17-15-37(6,16-18-40)45-20-9-8-19-44-30/h8-14,21-23,33H,15-20H2,1-7H3/b9-8-/t33-/m0/s1. The van der Waals surface area contributed by atoms with Gasteiger partial charge in [-0.15, -0.1) is 0 Å². The highest BCUT2D eigenvalue weighted by Crippen LogP contribution is 2.39. The van der Waals surface area contributed by atoms with Gasteiger partial charge in [0.25, 0.3) is 0 Å². The van der Waals surface area contributed by atoms with E-state index >= 15 is 0 Å². The molecular weight excluding hydrogens is 580 g/mol. The van der Waals surface area contributed by atoms with Crippen LogP contribution in [0, 0.1) is 13.8 Å². The monoisotopic (exact) mass is 624 g/mol. The molecule has 1 saturated heterocycles. The molecule has 4 aromatic rings. The summed E-state index contributed by atoms with van der Waals surface area (Å²) >= 11 is 0. The Morgan fingerprint density at radius 2 is 1.74 bits per heavy atom. The molecule has 0 amide bonds. The molecule has 0 N–H and O–H groups in total. The van der Waals surface area contributed by atoms with Gasteiger partial charge < -0.3 is 23.8 Å². The molecule has 9 nitrogen and oxygen atoms in total. The molecule has 0 radical (unpaired) electrons. The third kappa shape index (κ3) is 6.52. The predicted octanol–water partition coefficient (Wildman–Crippen LogP) is 7.03. The topological polar surface area (TPSA) is 87.4 Å². The van der Waals surface area contributed by atoms with E-state index in [1.807, 2.05) is 62.6 Å². The van der Waals surface area contributed by atoms with Crippen molar-refractivity contribution in [3.63, 3.8) is 0 Å². The molecular formula is C37H44N4O5. The summed E-state index contributed by atoms with van der Waals surface area (Å²) < 4.78 is 26.2. The summed E-state index contributed by atoms with van der Waals surface area (Å²) in [6.07, 6.45) is 4.66. The summed E-state index contributed by atoms with van der Waals surface area (Å²) in [6.45, 7) is 14.3. The quantitative estimate of drug-likeness (QED) is 0.177. The molecule has 1 atom stereocenters. The van der Waals surface area contributed by atoms with E-state index in [1.165, 1.54) is 7.11 Å². The van der Waals surface area contributed by atoms with E-state index in [0.717, 1.165) is 52.4 Å². The lowest BCUT2D eigenvalue weighted by Gasteiger charge is -2.41. The molecule has 2 aromatic heterocycles. The number of anilines is 1. The molecule has 1 fully saturated rings. The number of hydrogen-bond acceptors (Lipinski definition) is 8. The number of nitrogens with zero attached hydrogens (tertiary/aromatic N) is 4. The Bertz CT molecular complexity index is 1780. The maximum atomic E-state index is 13.4. The molecule has 3 aliphatic heterocycles. The Morgan fingerprint density at radius 3 is 2.48 bits per heavy atom. The van der Waals surface area contributed by atoms with E-state index in [9.17, 15) is 4.79 Å². The van der Waals surface area contributed by atoms with Crippen molar-refractivity contribution in [2.45, 2.75) is 71.7 Å². The number of aromatic nitrogens is 3. The van der Waals surface area contributed by atoms with Gasteiger partial charge in [0, 0.05) is 36.0 Å². The molecule has 242 valence electrons. The van der Waals surface area contributed by atoms with Crippen LogP contribution in [0.25, 0.3) is 28.0 Å². The van der Waals surface area contributed by atoms with E-state index in [1.54, 1.807) is 0 Å². The predicted molar refractivity (Wildman–Crippen MR) is 179 cm³/mol. The van der Waals surface area contributed by atoms with E-state index in [4.69, 9.17) is 29.0 Å². The van der Waals surface area contributed by atoms with Gasteiger partial charge in [-0.25, -0.2) is 9.78 Å². The maximum Gasteiger partial charge on any atom is 0.339 e. The zero-order valence-electron chi connectivity index (χ0n) is 27.9. The number of carbonyl (C=O) groups is 1. The number of methoxy groups -OCH3 is 1. The molecule has 7 rings (SSSR count). The van der Waals surface area contributed by atoms with Crippen LogP contribution in [0.15, 0.2) is 60.7 Å². The first-order chi connectivity index (χ1) is 21.9. The maximum absolute atomic E-state index is 13.4. The molecule has 46 heavy (non-hydrogen) atoms. The van der Waals surface area contributed by atoms with Gasteiger partial charge in [0.15, 0.2) is 11.8 Å². The second-order valence-electron chi connectivity index (χ2n) is 13.5. The Labute approximate surface area is 271 Å². The fourth-order valence-electron chi connectivity index (χ4n) is 6.25. The van der Waals surface area contributed by atoms with Crippen molar-refractivity contribution in [3.05, 3.63) is 77.5 Å². The van der Waals surface area contributed by atoms with E-state index in [-0.39, 0.29) is 5.60 Å². The van der Waals surface area contributed by atoms with Gasteiger partial charge in [-0.3, -0.25) is 0 Å². The Balaban J connectivity index is 1.56. The minimum absolute atomic E-state index is 0.297. The zero-order valence-corrected chi connectivity index (χ0v) is 27.9. The van der Waals surface area contributed by atoms with Crippen LogP contribution in [0.5, 0.6) is 5.75 Å². The Hall–Kier alpha value is -4.21. The first kappa shape index (κ1) is 31.8. The van der Waals surface area contributed by atoms with Crippen molar-refractivity contribution in [1.82, 2.24) is 14.6 Å². The fraction of sp³-hybridized carbons (Fsp3) is 0.432. The van der Waals surface area contributed by atoms with Crippen LogP contribution in [-0.4, -0.2) is 65.2 Å². The summed E-state index contributed by atoms with van der Waals surface area (Å²) in [5, 5.41) is 5.15. The van der Waals surface area contributed by atoms with Gasteiger partial charge >= 0.3 is 5.97 Å². The summed E-state index contributed by atoms with van der Waals surface area (Å²) in [6, 6.07) is 16.6. The summed E-state index contributed by atoms with van der Waals surface area (Å²) in [5.41, 5.74) is 6.07. The van der Waals surface area contributed by atoms with Crippen LogP contribution >= 0.6 is 0 Å². The number of benzene rings is 2. The lowest BCUT2D eigenvalue weighted by atomic mass is 9.92. The number of piperidine rings is 1. The number of hydrogen-bond donors (Lipinski definition) is 0. The molecule has 6 bridgehead atoms. The van der Waals surface area contributed by atoms with Gasteiger partial charge in [-0.1, -0.05) is 35.9 Å². The lowest BCUT2D eigenvalue weighted by molar-refractivity contribution is -0.164. The minimum atomic E-state index is -0.982. The van der Waals surface area contributed by atoms with Crippen LogP contribution in [-0.2, 0) is 19.0 Å². The van der Waals surface area contributed by atoms with Crippen LogP contribution in [0.4, 0.5) is 5.82 Å². The molecule has 5 heterocycles. The van der Waals surface area contributed by atoms with Crippen molar-refractivity contribution in [2.24, 2.45) is 0 Å². The van der Waals surface area contributed by atoms with Gasteiger partial charge in [0.05, 0.1) is 36.2 Å². The molecule has 0 saturated carbocycles. The van der Waals surface area contributed by atoms with Crippen LogP contribution in [0.3, 0.4) is 0 Å². The SMILES string of the molecule is COC(=O)[C@@H](OC(C)(C)C)c1c(C)nc2cc3nn2c1N1CCC(C)(CC1)OC/C=C\COc1ccc(C)cc1-c1cccc-3c1. The smallest absolute Gasteiger partial charge is 0.339 e. The van der Waals surface area contributed by atoms with Crippen molar-refractivity contribution in [1.29, 1.82) is 0 Å². The number of ether oxygens (including phenoxy) is 4. The van der Waals surface area contributed by atoms with Crippen LogP contribution in [0.2, 0.25) is 0 Å². The number of carbonyl (C=O) groups excluding carboxylic acids is 1. The summed E-state index contributed by atoms with van der Waals surface area (Å²) in [4.78, 5) is 20.6. The summed E-state index contributed by atoms with van der Waals surface area (Å²) in [5.74, 6) is 1.13. The third-order valence-corrected chi connectivity index (χ3v) is 8.71. The molecule has 2 aromatic carbocycles. The molecule has 3 aliphatic rings. The van der Waals surface area contributed by atoms with Gasteiger partial charge in [-0.2, -0.15) is 9.61 Å². The zero-order chi connectivity index (χ0) is 32.6. The van der Waals surface area contributed by atoms with Crippen molar-refractivity contribution in [2.75, 3.05) is 38.3 Å². The van der Waals surface area contributed by atoms with Crippen LogP contribution in [0.1, 0.15) is 63.5 Å². The first-order valence-electron chi connectivity index (χ1n) is 16.0. The minimum Gasteiger partial charge on any atom is -0.489 e.